The normalized spacial score (nSPS) is 12.0. The molecule has 0 spiro atoms. The van der Waals surface area contributed by atoms with Crippen molar-refractivity contribution in [3.63, 3.8) is 0 Å². The highest BCUT2D eigenvalue weighted by molar-refractivity contribution is 5.73. The van der Waals surface area contributed by atoms with Gasteiger partial charge in [-0.05, 0) is 33.1 Å². The van der Waals surface area contributed by atoms with E-state index in [1.165, 1.54) is 103 Å². The molecule has 0 aliphatic carbocycles. The van der Waals surface area contributed by atoms with E-state index < -0.39 is 12.1 Å². The molecule has 1 unspecified atom stereocenters. The van der Waals surface area contributed by atoms with Crippen molar-refractivity contribution in [2.45, 2.75) is 219 Å². The van der Waals surface area contributed by atoms with Gasteiger partial charge in [0.15, 0.2) is 6.10 Å². The van der Waals surface area contributed by atoms with Gasteiger partial charge in [-0.15, -0.1) is 0 Å². The maximum Gasteiger partial charge on any atom is 0.306 e. The molecule has 0 bridgehead atoms. The summed E-state index contributed by atoms with van der Waals surface area (Å²) in [5, 5.41) is 0. The summed E-state index contributed by atoms with van der Waals surface area (Å²) in [6, 6.07) is 0. The molecular formula is C42H78O9. The first kappa shape index (κ1) is 48.8. The van der Waals surface area contributed by atoms with E-state index in [0.717, 1.165) is 38.5 Å². The highest BCUT2D eigenvalue weighted by Gasteiger charge is 2.20. The van der Waals surface area contributed by atoms with E-state index in [1.54, 1.807) is 7.11 Å². The second-order valence-corrected chi connectivity index (χ2v) is 14.8. The number of methoxy groups -OCH3 is 1. The molecule has 0 N–H and O–H groups in total. The number of rotatable bonds is 37. The third-order valence-electron chi connectivity index (χ3n) is 9.41. The van der Waals surface area contributed by atoms with Crippen molar-refractivity contribution >= 4 is 23.9 Å². The molecule has 0 aromatic heterocycles. The Morgan fingerprint density at radius 2 is 0.784 bits per heavy atom. The first-order valence-electron chi connectivity index (χ1n) is 20.8. The molecule has 0 saturated heterocycles. The van der Waals surface area contributed by atoms with E-state index in [4.69, 9.17) is 23.7 Å². The molecule has 0 aromatic carbocycles. The number of unbranched alkanes of at least 4 members (excludes halogenated alkanes) is 20. The zero-order valence-electron chi connectivity index (χ0n) is 33.7. The Morgan fingerprint density at radius 3 is 1.18 bits per heavy atom. The van der Waals surface area contributed by atoms with Gasteiger partial charge in [0.2, 0.25) is 0 Å². The van der Waals surface area contributed by atoms with E-state index in [2.05, 4.69) is 13.8 Å². The highest BCUT2D eigenvalue weighted by atomic mass is 16.6. The maximum absolute atomic E-state index is 12.6. The molecule has 0 amide bonds. The Morgan fingerprint density at radius 1 is 0.451 bits per heavy atom. The standard InChI is InChI=1S/C42H78O9/c1-6-8-10-12-14-16-18-20-22-24-26-29-39(44)49-35-37(51-41(46)30-27-25-23-21-19-17-15-13-11-9-7-2)36-50-40(45)32-28-31-38(43)48-34-33-42(3,4)47-5/h37H,6-36H2,1-5H3. The monoisotopic (exact) mass is 727 g/mol. The average molecular weight is 727 g/mol. The van der Waals surface area contributed by atoms with Gasteiger partial charge in [-0.2, -0.15) is 0 Å². The molecular weight excluding hydrogens is 648 g/mol. The van der Waals surface area contributed by atoms with Crippen LogP contribution in [0.15, 0.2) is 0 Å². The lowest BCUT2D eigenvalue weighted by atomic mass is 10.1. The Labute approximate surface area is 312 Å². The zero-order chi connectivity index (χ0) is 37.8. The fourth-order valence-corrected chi connectivity index (χ4v) is 5.71. The number of hydrogen-bond donors (Lipinski definition) is 0. The number of carbonyl (C=O) groups excluding carboxylic acids is 4. The summed E-state index contributed by atoms with van der Waals surface area (Å²) in [7, 11) is 1.61. The first-order chi connectivity index (χ1) is 24.6. The van der Waals surface area contributed by atoms with Gasteiger partial charge in [0.1, 0.15) is 13.2 Å². The van der Waals surface area contributed by atoms with Crippen LogP contribution < -0.4 is 0 Å². The predicted molar refractivity (Wildman–Crippen MR) is 204 cm³/mol. The molecule has 0 aromatic rings. The quantitative estimate of drug-likeness (QED) is 0.0350. The van der Waals surface area contributed by atoms with Crippen molar-refractivity contribution in [2.75, 3.05) is 26.9 Å². The van der Waals surface area contributed by atoms with Crippen LogP contribution in [0.25, 0.3) is 0 Å². The molecule has 0 radical (unpaired) electrons. The van der Waals surface area contributed by atoms with Crippen molar-refractivity contribution in [1.82, 2.24) is 0 Å². The molecule has 0 rings (SSSR count). The van der Waals surface area contributed by atoms with Crippen LogP contribution in [0, 0.1) is 0 Å². The topological polar surface area (TPSA) is 114 Å². The van der Waals surface area contributed by atoms with E-state index in [1.807, 2.05) is 13.8 Å². The van der Waals surface area contributed by atoms with Crippen molar-refractivity contribution in [3.05, 3.63) is 0 Å². The summed E-state index contributed by atoms with van der Waals surface area (Å²) in [5.74, 6) is -1.61. The van der Waals surface area contributed by atoms with Gasteiger partial charge < -0.3 is 23.7 Å². The van der Waals surface area contributed by atoms with Gasteiger partial charge in [-0.1, -0.05) is 142 Å². The number of carbonyl (C=O) groups is 4. The summed E-state index contributed by atoms with van der Waals surface area (Å²) < 4.78 is 27.0. The van der Waals surface area contributed by atoms with Gasteiger partial charge >= 0.3 is 23.9 Å². The lowest BCUT2D eigenvalue weighted by molar-refractivity contribution is -0.167. The molecule has 51 heavy (non-hydrogen) atoms. The van der Waals surface area contributed by atoms with E-state index >= 15 is 0 Å². The summed E-state index contributed by atoms with van der Waals surface area (Å²) in [4.78, 5) is 49.5. The fraction of sp³-hybridized carbons (Fsp3) is 0.905. The molecule has 0 aliphatic rings. The minimum atomic E-state index is -0.871. The Kier molecular flexibility index (Phi) is 33.4. The summed E-state index contributed by atoms with van der Waals surface area (Å²) in [5.41, 5.74) is -0.377. The largest absolute Gasteiger partial charge is 0.466 e. The lowest BCUT2D eigenvalue weighted by Gasteiger charge is -2.22. The van der Waals surface area contributed by atoms with Crippen LogP contribution in [-0.2, 0) is 42.9 Å². The van der Waals surface area contributed by atoms with Crippen molar-refractivity contribution in [2.24, 2.45) is 0 Å². The van der Waals surface area contributed by atoms with Crippen LogP contribution >= 0.6 is 0 Å². The molecule has 9 heteroatoms. The molecule has 0 saturated carbocycles. The zero-order valence-corrected chi connectivity index (χ0v) is 33.7. The van der Waals surface area contributed by atoms with Gasteiger partial charge in [-0.25, -0.2) is 0 Å². The number of ether oxygens (including phenoxy) is 5. The minimum Gasteiger partial charge on any atom is -0.466 e. The second kappa shape index (κ2) is 34.9. The second-order valence-electron chi connectivity index (χ2n) is 14.8. The van der Waals surface area contributed by atoms with Gasteiger partial charge in [-0.3, -0.25) is 19.2 Å². The lowest BCUT2D eigenvalue weighted by Crippen LogP contribution is -2.31. The third-order valence-corrected chi connectivity index (χ3v) is 9.41. The third kappa shape index (κ3) is 34.7. The van der Waals surface area contributed by atoms with Crippen LogP contribution in [0.5, 0.6) is 0 Å². The summed E-state index contributed by atoms with van der Waals surface area (Å²) in [6.45, 7) is 8.19. The fourth-order valence-electron chi connectivity index (χ4n) is 5.71. The summed E-state index contributed by atoms with van der Waals surface area (Å²) in [6.07, 6.45) is 26.9. The van der Waals surface area contributed by atoms with Crippen LogP contribution in [0.2, 0.25) is 0 Å². The average Bonchev–Trinajstić information content (AvgIpc) is 3.10. The highest BCUT2D eigenvalue weighted by Crippen LogP contribution is 2.15. The molecule has 1 atom stereocenters. The van der Waals surface area contributed by atoms with E-state index in [9.17, 15) is 19.2 Å². The van der Waals surface area contributed by atoms with Crippen LogP contribution in [0.1, 0.15) is 207 Å². The molecule has 0 aliphatic heterocycles. The Balaban J connectivity index is 4.48. The van der Waals surface area contributed by atoms with Gasteiger partial charge in [0.25, 0.3) is 0 Å². The number of hydrogen-bond acceptors (Lipinski definition) is 9. The molecule has 300 valence electrons. The van der Waals surface area contributed by atoms with Gasteiger partial charge in [0, 0.05) is 39.2 Å². The van der Waals surface area contributed by atoms with Crippen LogP contribution in [-0.4, -0.2) is 62.5 Å². The maximum atomic E-state index is 12.6. The van der Waals surface area contributed by atoms with E-state index in [0.29, 0.717) is 12.8 Å². The Hall–Kier alpha value is -2.16. The van der Waals surface area contributed by atoms with Crippen LogP contribution in [0.3, 0.4) is 0 Å². The predicted octanol–water partition coefficient (Wildman–Crippen LogP) is 10.9. The van der Waals surface area contributed by atoms with Crippen molar-refractivity contribution < 1.29 is 42.9 Å². The first-order valence-corrected chi connectivity index (χ1v) is 20.8. The number of esters is 4. The minimum absolute atomic E-state index is 0.0245. The smallest absolute Gasteiger partial charge is 0.306 e. The molecule has 0 fully saturated rings. The van der Waals surface area contributed by atoms with Crippen molar-refractivity contribution in [3.8, 4) is 0 Å². The molecule has 0 heterocycles. The van der Waals surface area contributed by atoms with E-state index in [-0.39, 0.29) is 69.0 Å². The SMILES string of the molecule is CCCCCCCCCCCCCC(=O)OCC(COC(=O)CCCC(=O)OCCC(C)(C)OC)OC(=O)CCCCCCCCCCCCC. The van der Waals surface area contributed by atoms with Gasteiger partial charge in [0.05, 0.1) is 12.2 Å². The summed E-state index contributed by atoms with van der Waals surface area (Å²) >= 11 is 0. The van der Waals surface area contributed by atoms with Crippen molar-refractivity contribution in [1.29, 1.82) is 0 Å². The van der Waals surface area contributed by atoms with Crippen LogP contribution in [0.4, 0.5) is 0 Å². The Bertz CT molecular complexity index is 857. The molecule has 9 nitrogen and oxygen atoms in total.